The number of allylic oxidation sites excluding steroid dienone is 3. The molecule has 3 unspecified atom stereocenters. The molecular weight excluding hydrogens is 816 g/mol. The van der Waals surface area contributed by atoms with Crippen molar-refractivity contribution in [2.45, 2.75) is 76.7 Å². The van der Waals surface area contributed by atoms with Crippen LogP contribution in [-0.4, -0.2) is 89.5 Å². The highest BCUT2D eigenvalue weighted by molar-refractivity contribution is 6.33. The van der Waals surface area contributed by atoms with E-state index in [9.17, 15) is 0 Å². The van der Waals surface area contributed by atoms with E-state index in [-0.39, 0.29) is 30.1 Å². The molecule has 2 aromatic heterocycles. The van der Waals surface area contributed by atoms with Crippen molar-refractivity contribution < 1.29 is 8.78 Å². The number of anilines is 5. The average molecular weight is 877 g/mol. The van der Waals surface area contributed by atoms with E-state index in [0.717, 1.165) is 134 Å². The number of halogens is 3. The van der Waals surface area contributed by atoms with Crippen LogP contribution >= 0.6 is 11.6 Å². The van der Waals surface area contributed by atoms with Gasteiger partial charge in [-0.05, 0) is 97.7 Å². The van der Waals surface area contributed by atoms with Crippen LogP contribution in [-0.2, 0) is 7.05 Å². The van der Waals surface area contributed by atoms with E-state index in [2.05, 4.69) is 82.4 Å². The molecule has 3 saturated heterocycles. The summed E-state index contributed by atoms with van der Waals surface area (Å²) in [5.74, 6) is -0.941. The first-order valence-corrected chi connectivity index (χ1v) is 23.1. The van der Waals surface area contributed by atoms with E-state index < -0.39 is 12.0 Å². The van der Waals surface area contributed by atoms with Gasteiger partial charge in [0.2, 0.25) is 5.95 Å². The summed E-state index contributed by atoms with van der Waals surface area (Å²) in [6.07, 6.45) is 6.35. The number of benzene rings is 2. The Morgan fingerprint density at radius 1 is 0.937 bits per heavy atom. The van der Waals surface area contributed by atoms with Crippen LogP contribution in [0.2, 0.25) is 5.02 Å². The van der Waals surface area contributed by atoms with Gasteiger partial charge in [-0.15, -0.1) is 0 Å². The van der Waals surface area contributed by atoms with Crippen molar-refractivity contribution in [2.75, 3.05) is 72.9 Å². The molecule has 4 fully saturated rings. The number of hydrogen-bond donors (Lipinski definition) is 3. The SMILES string of the molecule is C=C1CCC(c2nn(C)c3cc(N4CCN(CC5CCN(c6ncc(Cl)c(Nc7ccc8c(c7)C7=C(CCC(F)(F)C(C9CC9)N7)C(=C)N8C)n6)CC5(C)C)CC4)ccc23)C(=C)N1. The lowest BCUT2D eigenvalue weighted by molar-refractivity contribution is -0.0441. The summed E-state index contributed by atoms with van der Waals surface area (Å²) in [6, 6.07) is 11.9. The quantitative estimate of drug-likeness (QED) is 0.159. The third-order valence-corrected chi connectivity index (χ3v) is 15.1. The zero-order valence-corrected chi connectivity index (χ0v) is 37.8. The molecule has 1 aliphatic carbocycles. The normalized spacial score (nSPS) is 25.1. The van der Waals surface area contributed by atoms with Gasteiger partial charge in [0, 0.05) is 117 Å². The fourth-order valence-corrected chi connectivity index (χ4v) is 11.0. The molecule has 5 aliphatic heterocycles. The van der Waals surface area contributed by atoms with Crippen molar-refractivity contribution in [2.24, 2.45) is 24.3 Å². The lowest BCUT2D eigenvalue weighted by atomic mass is 9.73. The first-order valence-electron chi connectivity index (χ1n) is 22.7. The Labute approximate surface area is 374 Å². The number of likely N-dealkylation sites (N-methyl/N-ethyl adjacent to an activating group) is 1. The zero-order chi connectivity index (χ0) is 43.9. The molecule has 0 spiro atoms. The Morgan fingerprint density at radius 3 is 2.48 bits per heavy atom. The molecule has 3 N–H and O–H groups in total. The molecule has 2 aromatic carbocycles. The maximum Gasteiger partial charge on any atom is 0.268 e. The Balaban J connectivity index is 0.781. The molecule has 3 atom stereocenters. The third kappa shape index (κ3) is 7.83. The monoisotopic (exact) mass is 875 g/mol. The van der Waals surface area contributed by atoms with Crippen LogP contribution < -0.4 is 30.7 Å². The number of fused-ring (bicyclic) bond motifs is 3. The number of piperazine rings is 1. The van der Waals surface area contributed by atoms with E-state index >= 15 is 8.78 Å². The van der Waals surface area contributed by atoms with E-state index in [0.29, 0.717) is 22.7 Å². The van der Waals surface area contributed by atoms with Crippen LogP contribution in [0.1, 0.15) is 76.0 Å². The first-order chi connectivity index (χ1) is 30.1. The van der Waals surface area contributed by atoms with Gasteiger partial charge in [0.05, 0.1) is 29.1 Å². The lowest BCUT2D eigenvalue weighted by Gasteiger charge is -2.47. The van der Waals surface area contributed by atoms with Gasteiger partial charge < -0.3 is 30.7 Å². The van der Waals surface area contributed by atoms with E-state index in [4.69, 9.17) is 26.7 Å². The summed E-state index contributed by atoms with van der Waals surface area (Å²) < 4.78 is 32.9. The van der Waals surface area contributed by atoms with Crippen LogP contribution in [0.25, 0.3) is 16.6 Å². The number of alkyl halides is 2. The largest absolute Gasteiger partial charge is 0.375 e. The van der Waals surface area contributed by atoms with Crippen molar-refractivity contribution in [1.82, 2.24) is 35.3 Å². The molecule has 14 heteroatoms. The number of rotatable bonds is 8. The van der Waals surface area contributed by atoms with Crippen molar-refractivity contribution in [3.05, 3.63) is 101 Å². The molecule has 0 radical (unpaired) electrons. The summed E-state index contributed by atoms with van der Waals surface area (Å²) in [7, 11) is 3.99. The number of nitrogens with one attached hydrogen (secondary N) is 3. The number of aromatic nitrogens is 4. The molecule has 4 aromatic rings. The maximum atomic E-state index is 15.4. The summed E-state index contributed by atoms with van der Waals surface area (Å²) >= 11 is 6.75. The van der Waals surface area contributed by atoms with Gasteiger partial charge >= 0.3 is 0 Å². The number of piperidine rings is 2. The summed E-state index contributed by atoms with van der Waals surface area (Å²) in [6.45, 7) is 24.2. The van der Waals surface area contributed by atoms with Crippen molar-refractivity contribution in [3.63, 3.8) is 0 Å². The molecule has 6 aliphatic rings. The highest BCUT2D eigenvalue weighted by Crippen LogP contribution is 2.49. The predicted octanol–water partition coefficient (Wildman–Crippen LogP) is 9.40. The smallest absolute Gasteiger partial charge is 0.268 e. The van der Waals surface area contributed by atoms with Gasteiger partial charge in [-0.1, -0.05) is 45.2 Å². The highest BCUT2D eigenvalue weighted by atomic mass is 35.5. The van der Waals surface area contributed by atoms with Crippen LogP contribution in [0, 0.1) is 17.3 Å². The van der Waals surface area contributed by atoms with Crippen molar-refractivity contribution in [1.29, 1.82) is 0 Å². The molecule has 0 bridgehead atoms. The Bertz CT molecular complexity index is 2530. The maximum absolute atomic E-state index is 15.4. The minimum atomic E-state index is -2.79. The van der Waals surface area contributed by atoms with E-state index in [1.165, 1.54) is 11.1 Å². The average Bonchev–Trinajstić information content (AvgIpc) is 4.06. The lowest BCUT2D eigenvalue weighted by Crippen LogP contribution is -2.53. The van der Waals surface area contributed by atoms with Gasteiger partial charge in [-0.3, -0.25) is 9.58 Å². The summed E-state index contributed by atoms with van der Waals surface area (Å²) in [4.78, 5) is 19.1. The molecule has 63 heavy (non-hydrogen) atoms. The summed E-state index contributed by atoms with van der Waals surface area (Å²) in [5.41, 5.74) is 10.5. The van der Waals surface area contributed by atoms with E-state index in [1.54, 1.807) is 6.20 Å². The second-order valence-corrected chi connectivity index (χ2v) is 19.9. The van der Waals surface area contributed by atoms with Gasteiger partial charge in [0.1, 0.15) is 5.02 Å². The van der Waals surface area contributed by atoms with Gasteiger partial charge in [0.25, 0.3) is 5.92 Å². The minimum Gasteiger partial charge on any atom is -0.375 e. The topological polar surface area (TPSA) is 92.7 Å². The standard InChI is InChI=1S/C49H60ClF2N11/c1-29-8-13-36(30(2)54-29)44-38-14-12-35(25-42(38)60(7)58-44)62-22-20-61(21-23-62)27-33-17-19-63(28-48(33,4)5)47-53-26-40(50)46(57-47)55-34-11-15-41-39(24-34)43-37(31(3)59(41)6)16-18-49(51,52)45(56-43)32-9-10-32/h11-12,14-15,24-26,32-33,36,45,54,56H,1-3,8-10,13,16-23,27-28H2,4-7H3,(H,53,55,57). The van der Waals surface area contributed by atoms with E-state index in [1.807, 2.05) is 41.9 Å². The van der Waals surface area contributed by atoms with Crippen molar-refractivity contribution in [3.8, 4) is 0 Å². The zero-order valence-electron chi connectivity index (χ0n) is 37.1. The number of hydrogen-bond acceptors (Lipinski definition) is 10. The third-order valence-electron chi connectivity index (χ3n) is 14.9. The van der Waals surface area contributed by atoms with Gasteiger partial charge in [-0.25, -0.2) is 13.8 Å². The minimum absolute atomic E-state index is 0.0170. The Morgan fingerprint density at radius 2 is 1.73 bits per heavy atom. The Hall–Kier alpha value is -5.14. The summed E-state index contributed by atoms with van der Waals surface area (Å²) in [5, 5.41) is 16.7. The van der Waals surface area contributed by atoms with Crippen LogP contribution in [0.4, 0.5) is 37.6 Å². The van der Waals surface area contributed by atoms with Crippen LogP contribution in [0.15, 0.2) is 85.0 Å². The number of nitrogens with zero attached hydrogens (tertiary/aromatic N) is 8. The van der Waals surface area contributed by atoms with Gasteiger partial charge in [-0.2, -0.15) is 10.1 Å². The molecule has 11 nitrogen and oxygen atoms in total. The highest BCUT2D eigenvalue weighted by Gasteiger charge is 2.50. The van der Waals surface area contributed by atoms with Crippen LogP contribution in [0.5, 0.6) is 0 Å². The van der Waals surface area contributed by atoms with Gasteiger partial charge in [0.15, 0.2) is 5.82 Å². The fourth-order valence-electron chi connectivity index (χ4n) is 10.8. The number of aryl methyl sites for hydroxylation is 1. The second kappa shape index (κ2) is 15.8. The molecule has 7 heterocycles. The van der Waals surface area contributed by atoms with Crippen molar-refractivity contribution >= 4 is 57.0 Å². The van der Waals surface area contributed by atoms with Crippen LogP contribution in [0.3, 0.4) is 0 Å². The molecule has 0 amide bonds. The molecule has 10 rings (SSSR count). The Kier molecular flexibility index (Phi) is 10.5. The predicted molar refractivity (Wildman–Crippen MR) is 252 cm³/mol. The second-order valence-electron chi connectivity index (χ2n) is 19.5. The molecule has 332 valence electrons. The first kappa shape index (κ1) is 41.8. The molecular formula is C49H60ClF2N11. The molecule has 1 saturated carbocycles. The fraction of sp³-hybridized carbons (Fsp3) is 0.490.